The van der Waals surface area contributed by atoms with Crippen molar-refractivity contribution >= 4 is 0 Å². The van der Waals surface area contributed by atoms with Crippen molar-refractivity contribution in [3.05, 3.63) is 0 Å². The lowest BCUT2D eigenvalue weighted by Gasteiger charge is -2.40. The second-order valence-electron chi connectivity index (χ2n) is 4.81. The third kappa shape index (κ3) is 2.98. The summed E-state index contributed by atoms with van der Waals surface area (Å²) in [7, 11) is 0. The molecule has 1 fully saturated rings. The molecule has 84 valence electrons. The molecule has 0 radical (unpaired) electrons. The van der Waals surface area contributed by atoms with E-state index in [1.807, 2.05) is 0 Å². The minimum Gasteiger partial charge on any atom is -0.375 e. The molecule has 0 aliphatic carbocycles. The summed E-state index contributed by atoms with van der Waals surface area (Å²) in [5.41, 5.74) is 0.259. The maximum atomic E-state index is 6.15. The van der Waals surface area contributed by atoms with Gasteiger partial charge >= 0.3 is 0 Å². The first-order valence-corrected chi connectivity index (χ1v) is 6.40. The van der Waals surface area contributed by atoms with Crippen LogP contribution in [-0.4, -0.2) is 12.2 Å². The number of hydrogen-bond donors (Lipinski definition) is 0. The van der Waals surface area contributed by atoms with Crippen LogP contribution in [-0.2, 0) is 4.74 Å². The van der Waals surface area contributed by atoms with E-state index >= 15 is 0 Å². The van der Waals surface area contributed by atoms with Gasteiger partial charge in [0.1, 0.15) is 0 Å². The minimum absolute atomic E-state index is 0.259. The highest BCUT2D eigenvalue weighted by molar-refractivity contribution is 4.84. The van der Waals surface area contributed by atoms with Crippen molar-refractivity contribution in [1.29, 1.82) is 0 Å². The van der Waals surface area contributed by atoms with E-state index in [4.69, 9.17) is 4.74 Å². The van der Waals surface area contributed by atoms with Crippen molar-refractivity contribution in [3.8, 4) is 0 Å². The molecule has 0 aromatic rings. The number of rotatable bonds is 5. The second kappa shape index (κ2) is 5.75. The fourth-order valence-electron chi connectivity index (χ4n) is 2.67. The van der Waals surface area contributed by atoms with Crippen LogP contribution >= 0.6 is 0 Å². The summed E-state index contributed by atoms with van der Waals surface area (Å²) in [4.78, 5) is 0. The van der Waals surface area contributed by atoms with E-state index < -0.39 is 0 Å². The largest absolute Gasteiger partial charge is 0.375 e. The number of hydrogen-bond acceptors (Lipinski definition) is 1. The molecule has 1 unspecified atom stereocenters. The van der Waals surface area contributed by atoms with Gasteiger partial charge in [0.05, 0.1) is 12.2 Å². The first kappa shape index (κ1) is 12.0. The average Bonchev–Trinajstić information content (AvgIpc) is 2.20. The lowest BCUT2D eigenvalue weighted by Crippen LogP contribution is -2.39. The average molecular weight is 198 g/mol. The number of ether oxygens (including phenoxy) is 1. The smallest absolute Gasteiger partial charge is 0.0682 e. The SMILES string of the molecule is CCCC1(CCC)CCC(CC)CO1. The Labute approximate surface area is 89.2 Å². The molecule has 1 heterocycles. The van der Waals surface area contributed by atoms with Gasteiger partial charge in [0.15, 0.2) is 0 Å². The third-order valence-corrected chi connectivity index (χ3v) is 3.62. The van der Waals surface area contributed by atoms with E-state index in [2.05, 4.69) is 20.8 Å². The Kier molecular flexibility index (Phi) is 4.94. The zero-order valence-electron chi connectivity index (χ0n) is 10.1. The predicted octanol–water partition coefficient (Wildman–Crippen LogP) is 4.16. The van der Waals surface area contributed by atoms with E-state index in [0.717, 1.165) is 12.5 Å². The van der Waals surface area contributed by atoms with Crippen LogP contribution in [0.15, 0.2) is 0 Å². The molecule has 0 aromatic carbocycles. The molecule has 1 heteroatoms. The van der Waals surface area contributed by atoms with Gasteiger partial charge in [0.25, 0.3) is 0 Å². The Bertz CT molecular complexity index is 137. The molecule has 0 amide bonds. The first-order valence-electron chi connectivity index (χ1n) is 6.40. The van der Waals surface area contributed by atoms with Gasteiger partial charge in [-0.25, -0.2) is 0 Å². The molecule has 1 saturated heterocycles. The van der Waals surface area contributed by atoms with Gasteiger partial charge in [-0.2, -0.15) is 0 Å². The van der Waals surface area contributed by atoms with Crippen LogP contribution in [0.1, 0.15) is 65.7 Å². The lowest BCUT2D eigenvalue weighted by molar-refractivity contribution is -0.111. The molecule has 0 spiro atoms. The predicted molar refractivity (Wildman–Crippen MR) is 61.5 cm³/mol. The lowest BCUT2D eigenvalue weighted by atomic mass is 9.82. The quantitative estimate of drug-likeness (QED) is 0.644. The van der Waals surface area contributed by atoms with Gasteiger partial charge in [-0.05, 0) is 31.6 Å². The normalized spacial score (nSPS) is 26.4. The molecule has 0 N–H and O–H groups in total. The van der Waals surface area contributed by atoms with E-state index in [-0.39, 0.29) is 5.60 Å². The first-order chi connectivity index (χ1) is 6.76. The molecule has 1 atom stereocenters. The summed E-state index contributed by atoms with van der Waals surface area (Å²) in [6, 6.07) is 0. The summed E-state index contributed by atoms with van der Waals surface area (Å²) in [5, 5.41) is 0. The zero-order chi connectivity index (χ0) is 10.4. The second-order valence-corrected chi connectivity index (χ2v) is 4.81. The molecular weight excluding hydrogens is 172 g/mol. The summed E-state index contributed by atoms with van der Waals surface area (Å²) >= 11 is 0. The van der Waals surface area contributed by atoms with Gasteiger partial charge in [-0.3, -0.25) is 0 Å². The Morgan fingerprint density at radius 3 is 2.14 bits per heavy atom. The Balaban J connectivity index is 2.45. The zero-order valence-corrected chi connectivity index (χ0v) is 10.1. The van der Waals surface area contributed by atoms with Gasteiger partial charge < -0.3 is 4.74 Å². The third-order valence-electron chi connectivity index (χ3n) is 3.62. The molecule has 0 saturated carbocycles. The van der Waals surface area contributed by atoms with Crippen LogP contribution in [0.4, 0.5) is 0 Å². The van der Waals surface area contributed by atoms with E-state index in [9.17, 15) is 0 Å². The van der Waals surface area contributed by atoms with Crippen LogP contribution < -0.4 is 0 Å². The molecule has 1 rings (SSSR count). The Morgan fingerprint density at radius 2 is 1.79 bits per heavy atom. The summed E-state index contributed by atoms with van der Waals surface area (Å²) in [6.45, 7) is 7.83. The molecular formula is C13H26O. The molecule has 0 bridgehead atoms. The summed E-state index contributed by atoms with van der Waals surface area (Å²) in [5.74, 6) is 0.830. The fourth-order valence-corrected chi connectivity index (χ4v) is 2.67. The Morgan fingerprint density at radius 1 is 1.14 bits per heavy atom. The highest BCUT2D eigenvalue weighted by Crippen LogP contribution is 2.36. The summed E-state index contributed by atoms with van der Waals surface area (Å²) < 4.78 is 6.15. The highest BCUT2D eigenvalue weighted by Gasteiger charge is 2.33. The molecule has 14 heavy (non-hydrogen) atoms. The van der Waals surface area contributed by atoms with Gasteiger partial charge in [0, 0.05) is 0 Å². The molecule has 1 aliphatic rings. The molecule has 1 nitrogen and oxygen atoms in total. The van der Waals surface area contributed by atoms with Gasteiger partial charge in [-0.15, -0.1) is 0 Å². The van der Waals surface area contributed by atoms with Crippen LogP contribution in [0.25, 0.3) is 0 Å². The Hall–Kier alpha value is -0.0400. The van der Waals surface area contributed by atoms with Crippen molar-refractivity contribution in [2.75, 3.05) is 6.61 Å². The van der Waals surface area contributed by atoms with Crippen molar-refractivity contribution < 1.29 is 4.74 Å². The van der Waals surface area contributed by atoms with Gasteiger partial charge in [-0.1, -0.05) is 40.0 Å². The van der Waals surface area contributed by atoms with Crippen molar-refractivity contribution in [2.45, 2.75) is 71.3 Å². The maximum absolute atomic E-state index is 6.15. The van der Waals surface area contributed by atoms with E-state index in [1.54, 1.807) is 0 Å². The molecule has 0 aromatic heterocycles. The minimum atomic E-state index is 0.259. The maximum Gasteiger partial charge on any atom is 0.0682 e. The standard InChI is InChI=1S/C13H26O/c1-4-8-13(9-5-2)10-7-12(6-3)11-14-13/h12H,4-11H2,1-3H3. The van der Waals surface area contributed by atoms with Crippen LogP contribution in [0, 0.1) is 5.92 Å². The van der Waals surface area contributed by atoms with Crippen molar-refractivity contribution in [3.63, 3.8) is 0 Å². The highest BCUT2D eigenvalue weighted by atomic mass is 16.5. The van der Waals surface area contributed by atoms with Crippen LogP contribution in [0.3, 0.4) is 0 Å². The molecule has 1 aliphatic heterocycles. The van der Waals surface area contributed by atoms with E-state index in [0.29, 0.717) is 0 Å². The van der Waals surface area contributed by atoms with Gasteiger partial charge in [0.2, 0.25) is 0 Å². The monoisotopic (exact) mass is 198 g/mol. The van der Waals surface area contributed by atoms with Crippen molar-refractivity contribution in [2.24, 2.45) is 5.92 Å². The van der Waals surface area contributed by atoms with E-state index in [1.165, 1.54) is 44.9 Å². The summed E-state index contributed by atoms with van der Waals surface area (Å²) in [6.07, 6.45) is 9.01. The van der Waals surface area contributed by atoms with Crippen molar-refractivity contribution in [1.82, 2.24) is 0 Å². The van der Waals surface area contributed by atoms with Crippen LogP contribution in [0.2, 0.25) is 0 Å². The fraction of sp³-hybridized carbons (Fsp3) is 1.00. The van der Waals surface area contributed by atoms with Crippen LogP contribution in [0.5, 0.6) is 0 Å². The topological polar surface area (TPSA) is 9.23 Å².